The third kappa shape index (κ3) is 3.56. The smallest absolute Gasteiger partial charge is 0.252 e. The van der Waals surface area contributed by atoms with E-state index < -0.39 is 0 Å². The monoisotopic (exact) mass is 378 g/mol. The molecule has 0 atom stereocenters. The Morgan fingerprint density at radius 1 is 1.29 bits per heavy atom. The van der Waals surface area contributed by atoms with Gasteiger partial charge in [-0.1, -0.05) is 12.1 Å². The number of nitrogens with zero attached hydrogens (tertiary/aromatic N) is 5. The minimum Gasteiger partial charge on any atom is -0.374 e. The first-order valence-corrected chi connectivity index (χ1v) is 9.78. The van der Waals surface area contributed by atoms with Crippen LogP contribution < -0.4 is 10.2 Å². The van der Waals surface area contributed by atoms with E-state index in [1.165, 1.54) is 24.0 Å². The Labute approximate surface area is 164 Å². The summed E-state index contributed by atoms with van der Waals surface area (Å²) in [5, 5.41) is 7.25. The molecule has 0 bridgehead atoms. The summed E-state index contributed by atoms with van der Waals surface area (Å²) in [5.41, 5.74) is 6.80. The standard InChI is InChI=1S/C21H26N6O/c1-14-18(15(2)27-21(25-14)23-13-24-27)7-9-20(28)22-12-16-6-8-19-17(11-16)5-4-10-26(19)3/h6,8,11,13H,4-5,7,9-10,12H2,1-3H3,(H,22,28). The van der Waals surface area contributed by atoms with Crippen LogP contribution in [0.2, 0.25) is 0 Å². The highest BCUT2D eigenvalue weighted by molar-refractivity contribution is 5.76. The van der Waals surface area contributed by atoms with Crippen LogP contribution in [0.4, 0.5) is 5.69 Å². The zero-order valence-electron chi connectivity index (χ0n) is 16.7. The van der Waals surface area contributed by atoms with Gasteiger partial charge >= 0.3 is 0 Å². The van der Waals surface area contributed by atoms with Crippen molar-refractivity contribution >= 4 is 17.4 Å². The SMILES string of the molecule is Cc1nc2ncnn2c(C)c1CCC(=O)NCc1ccc2c(c1)CCCN2C. The van der Waals surface area contributed by atoms with Crippen molar-refractivity contribution in [2.24, 2.45) is 0 Å². The predicted octanol–water partition coefficient (Wildman–Crippen LogP) is 2.37. The molecular formula is C21H26N6O. The van der Waals surface area contributed by atoms with Crippen LogP contribution in [-0.2, 0) is 24.2 Å². The Balaban J connectivity index is 1.37. The number of carbonyl (C=O) groups is 1. The van der Waals surface area contributed by atoms with Crippen molar-refractivity contribution in [1.82, 2.24) is 24.9 Å². The van der Waals surface area contributed by atoms with E-state index >= 15 is 0 Å². The fraction of sp³-hybridized carbons (Fsp3) is 0.429. The van der Waals surface area contributed by atoms with Crippen molar-refractivity contribution in [2.75, 3.05) is 18.5 Å². The lowest BCUT2D eigenvalue weighted by Gasteiger charge is -2.27. The third-order valence-corrected chi connectivity index (χ3v) is 5.58. The maximum absolute atomic E-state index is 12.4. The quantitative estimate of drug-likeness (QED) is 0.738. The summed E-state index contributed by atoms with van der Waals surface area (Å²) < 4.78 is 1.73. The molecule has 1 aromatic carbocycles. The van der Waals surface area contributed by atoms with Crippen molar-refractivity contribution in [3.8, 4) is 0 Å². The molecule has 4 rings (SSSR count). The minimum atomic E-state index is 0.0484. The molecule has 1 aliphatic rings. The molecule has 7 heteroatoms. The van der Waals surface area contributed by atoms with Crippen molar-refractivity contribution in [3.63, 3.8) is 0 Å². The van der Waals surface area contributed by atoms with Gasteiger partial charge < -0.3 is 10.2 Å². The van der Waals surface area contributed by atoms with E-state index in [1.54, 1.807) is 4.52 Å². The number of carbonyl (C=O) groups excluding carboxylic acids is 1. The molecule has 1 amide bonds. The zero-order valence-corrected chi connectivity index (χ0v) is 16.7. The summed E-state index contributed by atoms with van der Waals surface area (Å²) in [5.74, 6) is 0.647. The highest BCUT2D eigenvalue weighted by atomic mass is 16.1. The molecule has 0 unspecified atom stereocenters. The Morgan fingerprint density at radius 2 is 2.14 bits per heavy atom. The van der Waals surface area contributed by atoms with E-state index in [0.29, 0.717) is 25.2 Å². The lowest BCUT2D eigenvalue weighted by Crippen LogP contribution is -2.26. The van der Waals surface area contributed by atoms with Crippen LogP contribution in [0.25, 0.3) is 5.78 Å². The van der Waals surface area contributed by atoms with E-state index in [0.717, 1.165) is 35.5 Å². The number of amides is 1. The van der Waals surface area contributed by atoms with E-state index in [4.69, 9.17) is 0 Å². The molecule has 146 valence electrons. The van der Waals surface area contributed by atoms with Gasteiger partial charge in [-0.25, -0.2) is 9.50 Å². The van der Waals surface area contributed by atoms with Crippen LogP contribution in [0.1, 0.15) is 40.9 Å². The molecule has 0 fully saturated rings. The molecule has 3 aromatic rings. The van der Waals surface area contributed by atoms with Crippen molar-refractivity contribution in [2.45, 2.75) is 46.1 Å². The molecule has 28 heavy (non-hydrogen) atoms. The topological polar surface area (TPSA) is 75.4 Å². The number of anilines is 1. The van der Waals surface area contributed by atoms with Crippen LogP contribution >= 0.6 is 0 Å². The molecule has 2 aromatic heterocycles. The molecular weight excluding hydrogens is 352 g/mol. The van der Waals surface area contributed by atoms with Gasteiger partial charge in [-0.05, 0) is 55.9 Å². The first-order valence-electron chi connectivity index (χ1n) is 9.78. The zero-order chi connectivity index (χ0) is 19.7. The van der Waals surface area contributed by atoms with E-state index in [1.807, 2.05) is 13.8 Å². The van der Waals surface area contributed by atoms with Gasteiger partial charge in [-0.3, -0.25) is 4.79 Å². The lowest BCUT2D eigenvalue weighted by molar-refractivity contribution is -0.121. The highest BCUT2D eigenvalue weighted by Gasteiger charge is 2.15. The Bertz CT molecular complexity index is 1030. The summed E-state index contributed by atoms with van der Waals surface area (Å²) in [6.45, 7) is 5.62. The normalized spacial score (nSPS) is 13.6. The molecule has 0 saturated heterocycles. The number of rotatable bonds is 5. The van der Waals surface area contributed by atoms with Crippen molar-refractivity contribution < 1.29 is 4.79 Å². The number of hydrogen-bond acceptors (Lipinski definition) is 5. The van der Waals surface area contributed by atoms with Crippen LogP contribution in [0, 0.1) is 13.8 Å². The first-order chi connectivity index (χ1) is 13.5. The molecule has 0 radical (unpaired) electrons. The van der Waals surface area contributed by atoms with Crippen molar-refractivity contribution in [1.29, 1.82) is 0 Å². The maximum atomic E-state index is 12.4. The number of hydrogen-bond donors (Lipinski definition) is 1. The molecule has 0 spiro atoms. The average molecular weight is 378 g/mol. The molecule has 0 aliphatic carbocycles. The summed E-state index contributed by atoms with van der Waals surface area (Å²) >= 11 is 0. The second kappa shape index (κ2) is 7.58. The minimum absolute atomic E-state index is 0.0484. The molecule has 0 saturated carbocycles. The van der Waals surface area contributed by atoms with Gasteiger partial charge in [0, 0.05) is 43.6 Å². The fourth-order valence-electron chi connectivity index (χ4n) is 3.99. The van der Waals surface area contributed by atoms with Gasteiger partial charge in [0.2, 0.25) is 5.91 Å². The van der Waals surface area contributed by atoms with Gasteiger partial charge in [0.05, 0.1) is 0 Å². The summed E-state index contributed by atoms with van der Waals surface area (Å²) in [4.78, 5) is 23.3. The van der Waals surface area contributed by atoms with Crippen molar-refractivity contribution in [3.05, 3.63) is 52.6 Å². The summed E-state index contributed by atoms with van der Waals surface area (Å²) in [6.07, 6.45) is 4.86. The number of fused-ring (bicyclic) bond motifs is 2. The Morgan fingerprint density at radius 3 is 3.00 bits per heavy atom. The number of nitrogens with one attached hydrogen (secondary N) is 1. The second-order valence-electron chi connectivity index (χ2n) is 7.50. The molecule has 3 heterocycles. The maximum Gasteiger partial charge on any atom is 0.252 e. The summed E-state index contributed by atoms with van der Waals surface area (Å²) in [7, 11) is 2.13. The van der Waals surface area contributed by atoms with Crippen LogP contribution in [0.5, 0.6) is 0 Å². The lowest BCUT2D eigenvalue weighted by atomic mass is 9.99. The largest absolute Gasteiger partial charge is 0.374 e. The van der Waals surface area contributed by atoms with Gasteiger partial charge in [-0.15, -0.1) is 0 Å². The van der Waals surface area contributed by atoms with E-state index in [9.17, 15) is 4.79 Å². The van der Waals surface area contributed by atoms with Crippen LogP contribution in [0.15, 0.2) is 24.5 Å². The second-order valence-corrected chi connectivity index (χ2v) is 7.50. The Kier molecular flexibility index (Phi) is 4.98. The predicted molar refractivity (Wildman–Crippen MR) is 108 cm³/mol. The fourth-order valence-corrected chi connectivity index (χ4v) is 3.99. The van der Waals surface area contributed by atoms with E-state index in [-0.39, 0.29) is 5.91 Å². The number of aryl methyl sites for hydroxylation is 3. The Hall–Kier alpha value is -2.96. The van der Waals surface area contributed by atoms with E-state index in [2.05, 4.69) is 50.5 Å². The number of aromatic nitrogens is 4. The van der Waals surface area contributed by atoms with Gasteiger partial charge in [0.15, 0.2) is 0 Å². The number of benzene rings is 1. The average Bonchev–Trinajstić information content (AvgIpc) is 3.15. The summed E-state index contributed by atoms with van der Waals surface area (Å²) in [6, 6.07) is 6.50. The van der Waals surface area contributed by atoms with Crippen LogP contribution in [-0.4, -0.2) is 39.1 Å². The molecule has 7 nitrogen and oxygen atoms in total. The first kappa shape index (κ1) is 18.4. The van der Waals surface area contributed by atoms with Gasteiger partial charge in [0.1, 0.15) is 6.33 Å². The highest BCUT2D eigenvalue weighted by Crippen LogP contribution is 2.26. The van der Waals surface area contributed by atoms with Gasteiger partial charge in [0.25, 0.3) is 5.78 Å². The molecule has 1 aliphatic heterocycles. The van der Waals surface area contributed by atoms with Crippen LogP contribution in [0.3, 0.4) is 0 Å². The third-order valence-electron chi connectivity index (χ3n) is 5.58. The van der Waals surface area contributed by atoms with Gasteiger partial charge in [-0.2, -0.15) is 10.1 Å². The molecule has 1 N–H and O–H groups in total.